The third kappa shape index (κ3) is 3.16. The SMILES string of the molecule is CCC1(CNC(=O)C(CN)c2ccccc2)CCC1. The van der Waals surface area contributed by atoms with Crippen molar-refractivity contribution in [2.24, 2.45) is 11.1 Å². The Bertz CT molecular complexity index is 407. The van der Waals surface area contributed by atoms with Crippen LogP contribution in [0.1, 0.15) is 44.1 Å². The van der Waals surface area contributed by atoms with E-state index in [0.717, 1.165) is 18.5 Å². The monoisotopic (exact) mass is 260 g/mol. The number of nitrogens with one attached hydrogen (secondary N) is 1. The van der Waals surface area contributed by atoms with Crippen LogP contribution in [0.2, 0.25) is 0 Å². The van der Waals surface area contributed by atoms with Crippen molar-refractivity contribution in [2.75, 3.05) is 13.1 Å². The van der Waals surface area contributed by atoms with Crippen LogP contribution in [0.4, 0.5) is 0 Å². The summed E-state index contributed by atoms with van der Waals surface area (Å²) in [4.78, 5) is 12.3. The summed E-state index contributed by atoms with van der Waals surface area (Å²) >= 11 is 0. The van der Waals surface area contributed by atoms with Crippen LogP contribution in [-0.4, -0.2) is 19.0 Å². The molecule has 1 fully saturated rings. The number of hydrogen-bond acceptors (Lipinski definition) is 2. The van der Waals surface area contributed by atoms with Gasteiger partial charge in [-0.05, 0) is 30.2 Å². The number of carbonyl (C=O) groups is 1. The van der Waals surface area contributed by atoms with Gasteiger partial charge in [-0.3, -0.25) is 4.79 Å². The molecule has 1 aromatic carbocycles. The van der Waals surface area contributed by atoms with E-state index in [-0.39, 0.29) is 11.8 Å². The molecule has 3 N–H and O–H groups in total. The smallest absolute Gasteiger partial charge is 0.228 e. The fourth-order valence-electron chi connectivity index (χ4n) is 2.81. The molecule has 0 saturated heterocycles. The highest BCUT2D eigenvalue weighted by Crippen LogP contribution is 2.43. The first kappa shape index (κ1) is 14.1. The van der Waals surface area contributed by atoms with Gasteiger partial charge in [0.2, 0.25) is 5.91 Å². The molecule has 0 aliphatic heterocycles. The third-order valence-corrected chi connectivity index (χ3v) is 4.56. The maximum atomic E-state index is 12.3. The maximum absolute atomic E-state index is 12.3. The van der Waals surface area contributed by atoms with Crippen molar-refractivity contribution >= 4 is 5.91 Å². The highest BCUT2D eigenvalue weighted by molar-refractivity contribution is 5.83. The van der Waals surface area contributed by atoms with E-state index in [9.17, 15) is 4.79 Å². The average molecular weight is 260 g/mol. The van der Waals surface area contributed by atoms with E-state index in [0.29, 0.717) is 12.0 Å². The van der Waals surface area contributed by atoms with Crippen LogP contribution in [-0.2, 0) is 4.79 Å². The number of benzene rings is 1. The third-order valence-electron chi connectivity index (χ3n) is 4.56. The fourth-order valence-corrected chi connectivity index (χ4v) is 2.81. The molecule has 1 aliphatic rings. The highest BCUT2D eigenvalue weighted by Gasteiger charge is 2.35. The van der Waals surface area contributed by atoms with Gasteiger partial charge < -0.3 is 11.1 Å². The summed E-state index contributed by atoms with van der Waals surface area (Å²) in [6.07, 6.45) is 4.92. The van der Waals surface area contributed by atoms with Crippen LogP contribution in [0, 0.1) is 5.41 Å². The van der Waals surface area contributed by atoms with Crippen LogP contribution in [0.5, 0.6) is 0 Å². The van der Waals surface area contributed by atoms with E-state index >= 15 is 0 Å². The van der Waals surface area contributed by atoms with Gasteiger partial charge in [0, 0.05) is 13.1 Å². The minimum atomic E-state index is -0.227. The van der Waals surface area contributed by atoms with Crippen LogP contribution in [0.3, 0.4) is 0 Å². The van der Waals surface area contributed by atoms with Crippen LogP contribution in [0.15, 0.2) is 30.3 Å². The van der Waals surface area contributed by atoms with Crippen molar-refractivity contribution < 1.29 is 4.79 Å². The fraction of sp³-hybridized carbons (Fsp3) is 0.562. The number of nitrogens with two attached hydrogens (primary N) is 1. The lowest BCUT2D eigenvalue weighted by atomic mass is 9.67. The minimum Gasteiger partial charge on any atom is -0.355 e. The molecular formula is C16H24N2O. The maximum Gasteiger partial charge on any atom is 0.228 e. The van der Waals surface area contributed by atoms with Gasteiger partial charge in [-0.15, -0.1) is 0 Å². The molecule has 0 heterocycles. The second-order valence-corrected chi connectivity index (χ2v) is 5.62. The van der Waals surface area contributed by atoms with Crippen molar-refractivity contribution in [1.29, 1.82) is 0 Å². The van der Waals surface area contributed by atoms with Gasteiger partial charge in [-0.2, -0.15) is 0 Å². The Kier molecular flexibility index (Phi) is 4.59. The van der Waals surface area contributed by atoms with Gasteiger partial charge in [0.25, 0.3) is 0 Å². The number of amides is 1. The van der Waals surface area contributed by atoms with Crippen molar-refractivity contribution in [3.63, 3.8) is 0 Å². The Hall–Kier alpha value is -1.35. The van der Waals surface area contributed by atoms with E-state index in [1.165, 1.54) is 19.3 Å². The van der Waals surface area contributed by atoms with Crippen LogP contribution in [0.25, 0.3) is 0 Å². The van der Waals surface area contributed by atoms with Gasteiger partial charge >= 0.3 is 0 Å². The van der Waals surface area contributed by atoms with Gasteiger partial charge in [-0.25, -0.2) is 0 Å². The first-order valence-electron chi connectivity index (χ1n) is 7.23. The molecular weight excluding hydrogens is 236 g/mol. The second kappa shape index (κ2) is 6.20. The van der Waals surface area contributed by atoms with E-state index in [1.54, 1.807) is 0 Å². The summed E-state index contributed by atoms with van der Waals surface area (Å²) in [7, 11) is 0. The Labute approximate surface area is 115 Å². The Morgan fingerprint density at radius 1 is 1.37 bits per heavy atom. The zero-order chi connectivity index (χ0) is 13.7. The molecule has 1 atom stereocenters. The quantitative estimate of drug-likeness (QED) is 0.825. The molecule has 0 aromatic heterocycles. The lowest BCUT2D eigenvalue weighted by Crippen LogP contribution is -2.44. The Morgan fingerprint density at radius 3 is 2.53 bits per heavy atom. The van der Waals surface area contributed by atoms with Crippen LogP contribution >= 0.6 is 0 Å². The topological polar surface area (TPSA) is 55.1 Å². The molecule has 19 heavy (non-hydrogen) atoms. The number of hydrogen-bond donors (Lipinski definition) is 2. The molecule has 1 aromatic rings. The van der Waals surface area contributed by atoms with Crippen molar-refractivity contribution in [1.82, 2.24) is 5.32 Å². The molecule has 0 spiro atoms. The van der Waals surface area contributed by atoms with Crippen molar-refractivity contribution in [2.45, 2.75) is 38.5 Å². The first-order chi connectivity index (χ1) is 9.21. The van der Waals surface area contributed by atoms with Gasteiger partial charge in [0.1, 0.15) is 0 Å². The number of rotatable bonds is 6. The summed E-state index contributed by atoms with van der Waals surface area (Å²) in [6.45, 7) is 3.36. The zero-order valence-electron chi connectivity index (χ0n) is 11.7. The molecule has 1 saturated carbocycles. The normalized spacial score (nSPS) is 18.4. The molecule has 1 unspecified atom stereocenters. The van der Waals surface area contributed by atoms with E-state index < -0.39 is 0 Å². The summed E-state index contributed by atoms with van der Waals surface area (Å²) in [5.41, 5.74) is 7.12. The largest absolute Gasteiger partial charge is 0.355 e. The Morgan fingerprint density at radius 2 is 2.05 bits per heavy atom. The molecule has 0 bridgehead atoms. The lowest BCUT2D eigenvalue weighted by molar-refractivity contribution is -0.123. The summed E-state index contributed by atoms with van der Waals surface area (Å²) < 4.78 is 0. The zero-order valence-corrected chi connectivity index (χ0v) is 11.7. The molecule has 2 rings (SSSR count). The molecule has 1 amide bonds. The summed E-state index contributed by atoms with van der Waals surface area (Å²) in [6, 6.07) is 9.79. The molecule has 3 nitrogen and oxygen atoms in total. The second-order valence-electron chi connectivity index (χ2n) is 5.62. The van der Waals surface area contributed by atoms with Crippen molar-refractivity contribution in [3.8, 4) is 0 Å². The standard InChI is InChI=1S/C16H24N2O/c1-2-16(9-6-10-16)12-18-15(19)14(11-17)13-7-4-3-5-8-13/h3-5,7-8,14H,2,6,9-12,17H2,1H3,(H,18,19). The molecule has 0 radical (unpaired) electrons. The molecule has 1 aliphatic carbocycles. The highest BCUT2D eigenvalue weighted by atomic mass is 16.1. The minimum absolute atomic E-state index is 0.0634. The first-order valence-corrected chi connectivity index (χ1v) is 7.23. The van der Waals surface area contributed by atoms with Crippen LogP contribution < -0.4 is 11.1 Å². The van der Waals surface area contributed by atoms with Gasteiger partial charge in [0.05, 0.1) is 5.92 Å². The molecule has 3 heteroatoms. The van der Waals surface area contributed by atoms with E-state index in [4.69, 9.17) is 5.73 Å². The Balaban J connectivity index is 1.94. The predicted octanol–water partition coefficient (Wildman–Crippen LogP) is 2.43. The summed E-state index contributed by atoms with van der Waals surface area (Å²) in [5, 5.41) is 3.11. The summed E-state index contributed by atoms with van der Waals surface area (Å²) in [5.74, 6) is -0.163. The van der Waals surface area contributed by atoms with Crippen molar-refractivity contribution in [3.05, 3.63) is 35.9 Å². The van der Waals surface area contributed by atoms with Gasteiger partial charge in [-0.1, -0.05) is 43.7 Å². The lowest BCUT2D eigenvalue weighted by Gasteiger charge is -2.41. The van der Waals surface area contributed by atoms with Gasteiger partial charge in [0.15, 0.2) is 0 Å². The molecule has 104 valence electrons. The van der Waals surface area contributed by atoms with E-state index in [1.807, 2.05) is 30.3 Å². The van der Waals surface area contributed by atoms with E-state index in [2.05, 4.69) is 12.2 Å². The predicted molar refractivity (Wildman–Crippen MR) is 77.8 cm³/mol. The number of carbonyl (C=O) groups excluding carboxylic acids is 1. The average Bonchev–Trinajstić information content (AvgIpc) is 2.40.